The lowest BCUT2D eigenvalue weighted by Gasteiger charge is -2.11. The summed E-state index contributed by atoms with van der Waals surface area (Å²) in [6, 6.07) is 20.0. The van der Waals surface area contributed by atoms with E-state index in [1.807, 2.05) is 28.8 Å². The van der Waals surface area contributed by atoms with Crippen LogP contribution in [0.1, 0.15) is 25.3 Å². The van der Waals surface area contributed by atoms with Gasteiger partial charge in [0.1, 0.15) is 17.5 Å². The number of thioether (sulfide) groups is 1. The zero-order valence-electron chi connectivity index (χ0n) is 16.9. The minimum Gasteiger partial charge on any atom is -0.324 e. The highest BCUT2D eigenvalue weighted by molar-refractivity contribution is 7.99. The van der Waals surface area contributed by atoms with E-state index < -0.39 is 11.6 Å². The molecule has 0 N–H and O–H groups in total. The standard InChI is InChI=1S/C25H24F2N2S/c1-2-15-30-20-11-13-23-24(17-20)29(14-6-9-18-7-4-3-5-8-18)25(28-23)21-16-19(26)10-12-22(21)27/h3-5,7-8,10-13,16-17H,2,6,9,14-15H2,1H3. The molecule has 1 aromatic heterocycles. The highest BCUT2D eigenvalue weighted by Crippen LogP contribution is 2.31. The Balaban J connectivity index is 1.73. The van der Waals surface area contributed by atoms with Crippen molar-refractivity contribution in [1.82, 2.24) is 9.55 Å². The lowest BCUT2D eigenvalue weighted by Crippen LogP contribution is -2.03. The SMILES string of the molecule is CCCSc1ccc2nc(-c3cc(F)ccc3F)n(CCCc3ccccc3)c2c1. The number of imidazole rings is 1. The van der Waals surface area contributed by atoms with Crippen LogP contribution in [-0.2, 0) is 13.0 Å². The smallest absolute Gasteiger partial charge is 0.144 e. The van der Waals surface area contributed by atoms with Crippen LogP contribution >= 0.6 is 11.8 Å². The van der Waals surface area contributed by atoms with E-state index in [0.717, 1.165) is 42.1 Å². The molecule has 0 aliphatic rings. The molecule has 0 spiro atoms. The van der Waals surface area contributed by atoms with Crippen molar-refractivity contribution in [2.24, 2.45) is 0 Å². The molecule has 0 aliphatic carbocycles. The Kier molecular flexibility index (Phi) is 6.48. The molecule has 30 heavy (non-hydrogen) atoms. The quantitative estimate of drug-likeness (QED) is 0.281. The number of hydrogen-bond acceptors (Lipinski definition) is 2. The molecule has 0 bridgehead atoms. The third-order valence-corrected chi connectivity index (χ3v) is 6.25. The average molecular weight is 423 g/mol. The first-order valence-corrected chi connectivity index (χ1v) is 11.3. The van der Waals surface area contributed by atoms with Gasteiger partial charge in [0.05, 0.1) is 16.6 Å². The van der Waals surface area contributed by atoms with Gasteiger partial charge < -0.3 is 4.57 Å². The molecule has 0 saturated carbocycles. The van der Waals surface area contributed by atoms with Crippen LogP contribution in [0.5, 0.6) is 0 Å². The Morgan fingerprint density at radius 1 is 0.967 bits per heavy atom. The molecule has 0 saturated heterocycles. The number of fused-ring (bicyclic) bond motifs is 1. The fraction of sp³-hybridized carbons (Fsp3) is 0.240. The zero-order valence-corrected chi connectivity index (χ0v) is 17.8. The van der Waals surface area contributed by atoms with Crippen LogP contribution in [0.4, 0.5) is 8.78 Å². The largest absolute Gasteiger partial charge is 0.324 e. The Hall–Kier alpha value is -2.66. The molecule has 0 fully saturated rings. The van der Waals surface area contributed by atoms with Gasteiger partial charge in [0.15, 0.2) is 0 Å². The lowest BCUT2D eigenvalue weighted by atomic mass is 10.1. The second kappa shape index (κ2) is 9.43. The molecule has 154 valence electrons. The highest BCUT2D eigenvalue weighted by Gasteiger charge is 2.17. The highest BCUT2D eigenvalue weighted by atomic mass is 32.2. The van der Waals surface area contributed by atoms with Crippen molar-refractivity contribution in [3.63, 3.8) is 0 Å². The minimum atomic E-state index is -0.464. The van der Waals surface area contributed by atoms with Gasteiger partial charge in [-0.15, -0.1) is 11.8 Å². The van der Waals surface area contributed by atoms with E-state index in [2.05, 4.69) is 36.2 Å². The summed E-state index contributed by atoms with van der Waals surface area (Å²) in [6.45, 7) is 2.84. The van der Waals surface area contributed by atoms with Gasteiger partial charge in [-0.05, 0) is 67.0 Å². The van der Waals surface area contributed by atoms with Crippen LogP contribution in [0, 0.1) is 11.6 Å². The summed E-state index contributed by atoms with van der Waals surface area (Å²) < 4.78 is 30.5. The van der Waals surface area contributed by atoms with Crippen molar-refractivity contribution in [3.8, 4) is 11.4 Å². The number of benzene rings is 3. The van der Waals surface area contributed by atoms with Crippen molar-refractivity contribution in [2.45, 2.75) is 37.6 Å². The fourth-order valence-corrected chi connectivity index (χ4v) is 4.40. The average Bonchev–Trinajstić information content (AvgIpc) is 3.12. The monoisotopic (exact) mass is 422 g/mol. The van der Waals surface area contributed by atoms with Gasteiger partial charge in [0, 0.05) is 11.4 Å². The van der Waals surface area contributed by atoms with Crippen LogP contribution in [0.25, 0.3) is 22.4 Å². The summed E-state index contributed by atoms with van der Waals surface area (Å²) >= 11 is 1.80. The van der Waals surface area contributed by atoms with E-state index >= 15 is 0 Å². The van der Waals surface area contributed by atoms with Crippen molar-refractivity contribution < 1.29 is 8.78 Å². The Labute approximate surface area is 180 Å². The van der Waals surface area contributed by atoms with Gasteiger partial charge in [-0.2, -0.15) is 0 Å². The normalized spacial score (nSPS) is 11.3. The Morgan fingerprint density at radius 3 is 2.60 bits per heavy atom. The first-order valence-electron chi connectivity index (χ1n) is 10.3. The summed E-state index contributed by atoms with van der Waals surface area (Å²) in [5.74, 6) is 0.594. The second-order valence-corrected chi connectivity index (χ2v) is 8.47. The van der Waals surface area contributed by atoms with Gasteiger partial charge in [0.2, 0.25) is 0 Å². The van der Waals surface area contributed by atoms with E-state index in [-0.39, 0.29) is 5.56 Å². The molecule has 0 radical (unpaired) electrons. The zero-order chi connectivity index (χ0) is 20.9. The van der Waals surface area contributed by atoms with E-state index in [9.17, 15) is 8.78 Å². The first kappa shape index (κ1) is 20.6. The maximum atomic E-state index is 14.6. The molecule has 0 aliphatic heterocycles. The molecule has 1 heterocycles. The van der Waals surface area contributed by atoms with Gasteiger partial charge in [-0.1, -0.05) is 37.3 Å². The summed E-state index contributed by atoms with van der Waals surface area (Å²) in [5, 5.41) is 0. The maximum Gasteiger partial charge on any atom is 0.144 e. The molecule has 0 unspecified atom stereocenters. The Bertz CT molecular complexity index is 1140. The molecular formula is C25H24F2N2S. The summed E-state index contributed by atoms with van der Waals surface area (Å²) in [4.78, 5) is 5.85. The topological polar surface area (TPSA) is 17.8 Å². The van der Waals surface area contributed by atoms with E-state index in [4.69, 9.17) is 0 Å². The van der Waals surface area contributed by atoms with E-state index in [1.54, 1.807) is 11.8 Å². The summed E-state index contributed by atoms with van der Waals surface area (Å²) in [7, 11) is 0. The molecule has 0 atom stereocenters. The van der Waals surface area contributed by atoms with Crippen LogP contribution in [0.3, 0.4) is 0 Å². The predicted octanol–water partition coefficient (Wildman–Crippen LogP) is 7.12. The molecule has 4 rings (SSSR count). The third-order valence-electron chi connectivity index (χ3n) is 5.05. The van der Waals surface area contributed by atoms with Crippen molar-refractivity contribution in [2.75, 3.05) is 5.75 Å². The molecule has 2 nitrogen and oxygen atoms in total. The first-order chi connectivity index (χ1) is 14.7. The number of aromatic nitrogens is 2. The van der Waals surface area contributed by atoms with Crippen LogP contribution in [0.2, 0.25) is 0 Å². The van der Waals surface area contributed by atoms with Crippen molar-refractivity contribution >= 4 is 22.8 Å². The van der Waals surface area contributed by atoms with Gasteiger partial charge in [-0.25, -0.2) is 13.8 Å². The van der Waals surface area contributed by atoms with Crippen LogP contribution in [0.15, 0.2) is 71.6 Å². The fourth-order valence-electron chi connectivity index (χ4n) is 3.60. The van der Waals surface area contributed by atoms with Gasteiger partial charge >= 0.3 is 0 Å². The lowest BCUT2D eigenvalue weighted by molar-refractivity contribution is 0.598. The minimum absolute atomic E-state index is 0.202. The maximum absolute atomic E-state index is 14.6. The van der Waals surface area contributed by atoms with Crippen molar-refractivity contribution in [3.05, 3.63) is 83.9 Å². The van der Waals surface area contributed by atoms with Gasteiger partial charge in [0.25, 0.3) is 0 Å². The molecule has 4 aromatic rings. The number of aryl methyl sites for hydroxylation is 2. The van der Waals surface area contributed by atoms with E-state index in [1.165, 1.54) is 22.6 Å². The third kappa shape index (κ3) is 4.57. The van der Waals surface area contributed by atoms with Crippen LogP contribution < -0.4 is 0 Å². The molecular weight excluding hydrogens is 398 g/mol. The molecule has 5 heteroatoms. The van der Waals surface area contributed by atoms with Gasteiger partial charge in [-0.3, -0.25) is 0 Å². The predicted molar refractivity (Wildman–Crippen MR) is 121 cm³/mol. The van der Waals surface area contributed by atoms with Crippen LogP contribution in [-0.4, -0.2) is 15.3 Å². The second-order valence-electron chi connectivity index (χ2n) is 7.30. The number of hydrogen-bond donors (Lipinski definition) is 0. The molecule has 3 aromatic carbocycles. The Morgan fingerprint density at radius 2 is 1.80 bits per heavy atom. The number of nitrogens with zero attached hydrogens (tertiary/aromatic N) is 2. The summed E-state index contributed by atoms with van der Waals surface area (Å²) in [5.41, 5.74) is 3.23. The number of rotatable bonds is 8. The van der Waals surface area contributed by atoms with E-state index in [0.29, 0.717) is 12.4 Å². The summed E-state index contributed by atoms with van der Waals surface area (Å²) in [6.07, 6.45) is 2.89. The van der Waals surface area contributed by atoms with Crippen molar-refractivity contribution in [1.29, 1.82) is 0 Å². The molecule has 0 amide bonds. The number of halogens is 2.